The van der Waals surface area contributed by atoms with Crippen LogP contribution in [0.15, 0.2) is 60.2 Å². The Morgan fingerprint density at radius 2 is 1.68 bits per heavy atom. The molecule has 0 spiro atoms. The lowest BCUT2D eigenvalue weighted by Crippen LogP contribution is -2.12. The third kappa shape index (κ3) is 3.52. The van der Waals surface area contributed by atoms with Gasteiger partial charge in [0, 0.05) is 20.3 Å². The van der Waals surface area contributed by atoms with Crippen LogP contribution in [0.3, 0.4) is 0 Å². The fourth-order valence-corrected chi connectivity index (χ4v) is 7.20. The van der Waals surface area contributed by atoms with Gasteiger partial charge in [0.25, 0.3) is 0 Å². The summed E-state index contributed by atoms with van der Waals surface area (Å²) in [6.45, 7) is 11.4. The van der Waals surface area contributed by atoms with Crippen LogP contribution in [0.4, 0.5) is 0 Å². The second-order valence-corrected chi connectivity index (χ2v) is 12.7. The van der Waals surface area contributed by atoms with Crippen molar-refractivity contribution in [1.82, 2.24) is 9.97 Å². The molecule has 6 aromatic rings. The SMILES string of the molecule is CC(C)Cc1csc2cc3c(cc12)sc1c(-c2cc(C(C)(C)C)c4ccccc4c2)ncnc13. The standard InChI is InChI=1S/C30H28N2S2/c1-17(2)10-20-15-33-25-14-23-26(13-22(20)25)34-29-27(31-16-32-28(23)29)19-11-18-8-6-7-9-21(18)24(12-19)30(3,4)5/h6-9,11-17H,10H2,1-5H3. The summed E-state index contributed by atoms with van der Waals surface area (Å²) >= 11 is 3.68. The smallest absolute Gasteiger partial charge is 0.116 e. The molecule has 0 bridgehead atoms. The van der Waals surface area contributed by atoms with E-state index in [9.17, 15) is 0 Å². The Labute approximate surface area is 208 Å². The number of benzene rings is 3. The van der Waals surface area contributed by atoms with Crippen LogP contribution in [0.5, 0.6) is 0 Å². The van der Waals surface area contributed by atoms with Crippen LogP contribution in [0.1, 0.15) is 45.7 Å². The lowest BCUT2D eigenvalue weighted by atomic mass is 9.82. The average Bonchev–Trinajstić information content (AvgIpc) is 3.36. The van der Waals surface area contributed by atoms with Crippen LogP contribution in [-0.2, 0) is 11.8 Å². The third-order valence-corrected chi connectivity index (χ3v) is 8.74. The largest absolute Gasteiger partial charge is 0.235 e. The van der Waals surface area contributed by atoms with Gasteiger partial charge in [-0.15, -0.1) is 22.7 Å². The molecular weight excluding hydrogens is 452 g/mol. The number of thiophene rings is 2. The zero-order chi connectivity index (χ0) is 23.6. The summed E-state index contributed by atoms with van der Waals surface area (Å²) in [4.78, 5) is 9.57. The van der Waals surface area contributed by atoms with Gasteiger partial charge in [0.1, 0.15) is 6.33 Å². The quantitative estimate of drug-likeness (QED) is 0.252. The van der Waals surface area contributed by atoms with Crippen molar-refractivity contribution in [2.24, 2.45) is 5.92 Å². The van der Waals surface area contributed by atoms with Crippen LogP contribution < -0.4 is 0 Å². The molecule has 3 aromatic heterocycles. The van der Waals surface area contributed by atoms with Crippen molar-refractivity contribution in [3.05, 3.63) is 71.4 Å². The number of aromatic nitrogens is 2. The van der Waals surface area contributed by atoms with Crippen LogP contribution in [0.25, 0.3) is 52.4 Å². The minimum atomic E-state index is 0.0408. The maximum Gasteiger partial charge on any atom is 0.116 e. The number of rotatable bonds is 3. The Bertz CT molecular complexity index is 1700. The van der Waals surface area contributed by atoms with Gasteiger partial charge in [-0.3, -0.25) is 0 Å². The highest BCUT2D eigenvalue weighted by Gasteiger charge is 2.21. The van der Waals surface area contributed by atoms with Gasteiger partial charge in [-0.2, -0.15) is 0 Å². The van der Waals surface area contributed by atoms with Gasteiger partial charge in [0.05, 0.1) is 15.9 Å². The fraction of sp³-hybridized carbons (Fsp3) is 0.267. The van der Waals surface area contributed by atoms with Crippen molar-refractivity contribution in [3.8, 4) is 11.3 Å². The van der Waals surface area contributed by atoms with E-state index in [0.29, 0.717) is 5.92 Å². The minimum absolute atomic E-state index is 0.0408. The third-order valence-electron chi connectivity index (χ3n) is 6.60. The summed E-state index contributed by atoms with van der Waals surface area (Å²) in [5, 5.41) is 7.55. The maximum atomic E-state index is 4.82. The molecular formula is C30H28N2S2. The molecule has 0 atom stereocenters. The Morgan fingerprint density at radius 1 is 0.882 bits per heavy atom. The molecule has 0 amide bonds. The highest BCUT2D eigenvalue weighted by atomic mass is 32.1. The lowest BCUT2D eigenvalue weighted by molar-refractivity contribution is 0.596. The van der Waals surface area contributed by atoms with Gasteiger partial charge in [-0.25, -0.2) is 9.97 Å². The summed E-state index contributed by atoms with van der Waals surface area (Å²) in [5.41, 5.74) is 6.13. The van der Waals surface area contributed by atoms with E-state index in [2.05, 4.69) is 88.5 Å². The van der Waals surface area contributed by atoms with E-state index >= 15 is 0 Å². The van der Waals surface area contributed by atoms with Gasteiger partial charge in [0.2, 0.25) is 0 Å². The number of hydrogen-bond acceptors (Lipinski definition) is 4. The van der Waals surface area contributed by atoms with Gasteiger partial charge in [0.15, 0.2) is 0 Å². The Morgan fingerprint density at radius 3 is 2.47 bits per heavy atom. The molecule has 0 radical (unpaired) electrons. The monoisotopic (exact) mass is 480 g/mol. The highest BCUT2D eigenvalue weighted by Crippen LogP contribution is 2.43. The van der Waals surface area contributed by atoms with E-state index in [1.807, 2.05) is 22.7 Å². The van der Waals surface area contributed by atoms with Gasteiger partial charge < -0.3 is 0 Å². The van der Waals surface area contributed by atoms with E-state index in [4.69, 9.17) is 9.97 Å². The normalized spacial score (nSPS) is 12.6. The number of hydrogen-bond donors (Lipinski definition) is 0. The van der Waals surface area contributed by atoms with E-state index in [-0.39, 0.29) is 5.41 Å². The maximum absolute atomic E-state index is 4.82. The molecule has 0 aliphatic heterocycles. The van der Waals surface area contributed by atoms with Gasteiger partial charge >= 0.3 is 0 Å². The van der Waals surface area contributed by atoms with Crippen LogP contribution in [0, 0.1) is 5.92 Å². The van der Waals surface area contributed by atoms with Crippen molar-refractivity contribution in [2.75, 3.05) is 0 Å². The minimum Gasteiger partial charge on any atom is -0.235 e. The zero-order valence-electron chi connectivity index (χ0n) is 20.3. The molecule has 34 heavy (non-hydrogen) atoms. The van der Waals surface area contributed by atoms with E-state index in [1.165, 1.54) is 52.3 Å². The molecule has 0 saturated heterocycles. The Kier molecular flexibility index (Phi) is 5.02. The van der Waals surface area contributed by atoms with Crippen LogP contribution in [0.2, 0.25) is 0 Å². The molecule has 3 aromatic carbocycles. The van der Waals surface area contributed by atoms with Crippen molar-refractivity contribution < 1.29 is 0 Å². The molecule has 2 nitrogen and oxygen atoms in total. The first-order valence-electron chi connectivity index (χ1n) is 11.9. The summed E-state index contributed by atoms with van der Waals surface area (Å²) in [5.74, 6) is 0.651. The van der Waals surface area contributed by atoms with Crippen LogP contribution in [-0.4, -0.2) is 9.97 Å². The summed E-state index contributed by atoms with van der Waals surface area (Å²) in [6, 6.07) is 18.0. The highest BCUT2D eigenvalue weighted by molar-refractivity contribution is 7.26. The topological polar surface area (TPSA) is 25.8 Å². The Balaban J connectivity index is 1.61. The summed E-state index contributed by atoms with van der Waals surface area (Å²) < 4.78 is 3.82. The van der Waals surface area contributed by atoms with Crippen molar-refractivity contribution in [2.45, 2.75) is 46.5 Å². The first-order chi connectivity index (χ1) is 16.3. The molecule has 0 saturated carbocycles. The van der Waals surface area contributed by atoms with Crippen molar-refractivity contribution in [1.29, 1.82) is 0 Å². The van der Waals surface area contributed by atoms with Gasteiger partial charge in [-0.1, -0.05) is 58.9 Å². The van der Waals surface area contributed by atoms with E-state index in [1.54, 1.807) is 6.33 Å². The predicted molar refractivity (Wildman–Crippen MR) is 150 cm³/mol. The molecule has 0 fully saturated rings. The lowest BCUT2D eigenvalue weighted by Gasteiger charge is -2.22. The van der Waals surface area contributed by atoms with E-state index < -0.39 is 0 Å². The fourth-order valence-electron chi connectivity index (χ4n) is 5.02. The second kappa shape index (κ2) is 7.86. The molecule has 6 rings (SSSR count). The number of fused-ring (bicyclic) bond motifs is 5. The van der Waals surface area contributed by atoms with Crippen LogP contribution >= 0.6 is 22.7 Å². The second-order valence-electron chi connectivity index (χ2n) is 10.7. The molecule has 170 valence electrons. The van der Waals surface area contributed by atoms with Crippen molar-refractivity contribution >= 4 is 63.8 Å². The first-order valence-corrected chi connectivity index (χ1v) is 13.6. The van der Waals surface area contributed by atoms with Crippen molar-refractivity contribution in [3.63, 3.8) is 0 Å². The molecule has 4 heteroatoms. The molecule has 0 aliphatic carbocycles. The average molecular weight is 481 g/mol. The molecule has 0 aliphatic rings. The molecule has 3 heterocycles. The Hall–Kier alpha value is -2.82. The van der Waals surface area contributed by atoms with E-state index in [0.717, 1.165) is 17.6 Å². The summed E-state index contributed by atoms with van der Waals surface area (Å²) in [7, 11) is 0. The summed E-state index contributed by atoms with van der Waals surface area (Å²) in [6.07, 6.45) is 2.85. The van der Waals surface area contributed by atoms with Gasteiger partial charge in [-0.05, 0) is 74.7 Å². The molecule has 0 unspecified atom stereocenters. The zero-order valence-corrected chi connectivity index (χ0v) is 21.9. The first kappa shape index (κ1) is 21.7. The predicted octanol–water partition coefficient (Wildman–Crippen LogP) is 9.38. The molecule has 0 N–H and O–H groups in total. The number of nitrogens with zero attached hydrogens (tertiary/aromatic N) is 2.